The number of rotatable bonds is 5. The van der Waals surface area contributed by atoms with Crippen LogP contribution < -0.4 is 10.3 Å². The Kier molecular flexibility index (Phi) is 5.76. The summed E-state index contributed by atoms with van der Waals surface area (Å²) in [4.78, 5) is 20.5. The van der Waals surface area contributed by atoms with Crippen LogP contribution in [-0.2, 0) is 23.5 Å². The van der Waals surface area contributed by atoms with Gasteiger partial charge in [-0.1, -0.05) is 30.0 Å². The minimum atomic E-state index is -0.337. The van der Waals surface area contributed by atoms with Gasteiger partial charge in [-0.15, -0.1) is 11.3 Å². The van der Waals surface area contributed by atoms with E-state index >= 15 is 0 Å². The Morgan fingerprint density at radius 3 is 2.70 bits per heavy atom. The number of benzene rings is 2. The molecule has 0 unspecified atom stereocenters. The van der Waals surface area contributed by atoms with Crippen molar-refractivity contribution in [1.29, 1.82) is 0 Å². The Morgan fingerprint density at radius 1 is 1.21 bits per heavy atom. The number of thiophene rings is 1. The van der Waals surface area contributed by atoms with Gasteiger partial charge < -0.3 is 9.47 Å². The molecule has 2 aromatic carbocycles. The van der Waals surface area contributed by atoms with Crippen LogP contribution in [0.2, 0.25) is 0 Å². The number of hydrogen-bond donors (Lipinski definition) is 0. The van der Waals surface area contributed by atoms with Crippen LogP contribution in [0, 0.1) is 5.82 Å². The predicted octanol–water partition coefficient (Wildman–Crippen LogP) is 5.74. The van der Waals surface area contributed by atoms with E-state index in [-0.39, 0.29) is 17.0 Å². The number of thioether (sulfide) groups is 1. The maximum atomic E-state index is 14.2. The number of hydrogen-bond acceptors (Lipinski definition) is 6. The van der Waals surface area contributed by atoms with Crippen molar-refractivity contribution in [3.8, 4) is 11.4 Å². The third-order valence-corrected chi connectivity index (χ3v) is 7.81. The first-order valence-corrected chi connectivity index (χ1v) is 12.4. The fraction of sp³-hybridized carbons (Fsp3) is 0.280. The van der Waals surface area contributed by atoms with Crippen molar-refractivity contribution in [1.82, 2.24) is 9.55 Å². The fourth-order valence-electron chi connectivity index (χ4n) is 3.99. The van der Waals surface area contributed by atoms with Gasteiger partial charge in [0.1, 0.15) is 16.4 Å². The van der Waals surface area contributed by atoms with E-state index in [0.29, 0.717) is 51.2 Å². The number of halogens is 1. The minimum absolute atomic E-state index is 0.114. The molecule has 8 heteroatoms. The maximum absolute atomic E-state index is 14.2. The summed E-state index contributed by atoms with van der Waals surface area (Å²) in [7, 11) is 1.60. The summed E-state index contributed by atoms with van der Waals surface area (Å²) >= 11 is 2.86. The van der Waals surface area contributed by atoms with E-state index in [9.17, 15) is 9.18 Å². The smallest absolute Gasteiger partial charge is 0.267 e. The minimum Gasteiger partial charge on any atom is -0.497 e. The summed E-state index contributed by atoms with van der Waals surface area (Å²) in [5, 5.41) is 1.18. The highest BCUT2D eigenvalue weighted by molar-refractivity contribution is 7.98. The lowest BCUT2D eigenvalue weighted by atomic mass is 9.94. The Bertz CT molecular complexity index is 1390. The van der Waals surface area contributed by atoms with Crippen LogP contribution in [0.25, 0.3) is 15.9 Å². The van der Waals surface area contributed by atoms with Gasteiger partial charge in [0.05, 0.1) is 30.4 Å². The van der Waals surface area contributed by atoms with Gasteiger partial charge >= 0.3 is 0 Å². The summed E-state index contributed by atoms with van der Waals surface area (Å²) in [5.74, 6) is 0.797. The lowest BCUT2D eigenvalue weighted by Gasteiger charge is -2.29. The van der Waals surface area contributed by atoms with Crippen molar-refractivity contribution in [2.24, 2.45) is 0 Å². The molecule has 0 fully saturated rings. The van der Waals surface area contributed by atoms with E-state index in [4.69, 9.17) is 14.5 Å². The molecule has 1 aliphatic rings. The molecule has 5 rings (SSSR count). The van der Waals surface area contributed by atoms with Crippen molar-refractivity contribution in [2.75, 3.05) is 7.11 Å². The monoisotopic (exact) mass is 482 g/mol. The van der Waals surface area contributed by atoms with E-state index < -0.39 is 0 Å². The number of ether oxygens (including phenoxy) is 2. The molecule has 0 aliphatic carbocycles. The third-order valence-electron chi connectivity index (χ3n) is 5.72. The SMILES string of the molecule is COc1ccc(-n2c(SCc3ccccc3F)nc3sc4c(c3c2=O)CC(C)(C)OC4)cc1. The first-order chi connectivity index (χ1) is 15.9. The summed E-state index contributed by atoms with van der Waals surface area (Å²) < 4.78 is 27.1. The van der Waals surface area contributed by atoms with Gasteiger partial charge in [0, 0.05) is 17.1 Å². The van der Waals surface area contributed by atoms with Crippen molar-refractivity contribution in [2.45, 2.75) is 43.4 Å². The molecule has 0 atom stereocenters. The lowest BCUT2D eigenvalue weighted by Crippen LogP contribution is -2.32. The summed E-state index contributed by atoms with van der Waals surface area (Å²) in [5.41, 5.74) is 1.83. The zero-order valence-electron chi connectivity index (χ0n) is 18.6. The Morgan fingerprint density at radius 2 is 1.97 bits per heavy atom. The first-order valence-electron chi connectivity index (χ1n) is 10.6. The van der Waals surface area contributed by atoms with Gasteiger partial charge in [-0.2, -0.15) is 0 Å². The molecule has 3 heterocycles. The average molecular weight is 483 g/mol. The molecular formula is C25H23FN2O3S2. The molecule has 0 bridgehead atoms. The Balaban J connectivity index is 1.67. The van der Waals surface area contributed by atoms with Gasteiger partial charge in [-0.05, 0) is 55.3 Å². The van der Waals surface area contributed by atoms with Crippen molar-refractivity contribution >= 4 is 33.3 Å². The van der Waals surface area contributed by atoms with E-state index in [2.05, 4.69) is 0 Å². The number of methoxy groups -OCH3 is 1. The van der Waals surface area contributed by atoms with Crippen LogP contribution in [-0.4, -0.2) is 22.3 Å². The van der Waals surface area contributed by atoms with Crippen LogP contribution in [0.3, 0.4) is 0 Å². The van der Waals surface area contributed by atoms with E-state index in [0.717, 1.165) is 10.4 Å². The molecule has 5 nitrogen and oxygen atoms in total. The van der Waals surface area contributed by atoms with Crippen molar-refractivity contribution in [3.63, 3.8) is 0 Å². The molecule has 170 valence electrons. The van der Waals surface area contributed by atoms with Crippen LogP contribution in [0.5, 0.6) is 5.75 Å². The van der Waals surface area contributed by atoms with E-state index in [1.54, 1.807) is 29.9 Å². The molecule has 0 spiro atoms. The van der Waals surface area contributed by atoms with E-state index in [1.165, 1.54) is 29.2 Å². The molecule has 0 saturated carbocycles. The normalized spacial score (nSPS) is 14.9. The van der Waals surface area contributed by atoms with Crippen molar-refractivity contribution < 1.29 is 13.9 Å². The lowest BCUT2D eigenvalue weighted by molar-refractivity contribution is -0.0379. The Hall–Kier alpha value is -2.68. The van der Waals surface area contributed by atoms with Crippen LogP contribution in [0.4, 0.5) is 4.39 Å². The van der Waals surface area contributed by atoms with Gasteiger partial charge in [0.2, 0.25) is 0 Å². The first kappa shape index (κ1) is 22.1. The quantitative estimate of drug-likeness (QED) is 0.268. The molecule has 0 radical (unpaired) electrons. The highest BCUT2D eigenvalue weighted by Crippen LogP contribution is 2.38. The topological polar surface area (TPSA) is 53.4 Å². The fourth-order valence-corrected chi connectivity index (χ4v) is 6.13. The third kappa shape index (κ3) is 4.18. The average Bonchev–Trinajstić information content (AvgIpc) is 3.15. The molecule has 1 aliphatic heterocycles. The van der Waals surface area contributed by atoms with Gasteiger partial charge in [-0.3, -0.25) is 9.36 Å². The number of nitrogens with zero attached hydrogens (tertiary/aromatic N) is 2. The van der Waals surface area contributed by atoms with Crippen LogP contribution in [0.1, 0.15) is 29.9 Å². The molecular weight excluding hydrogens is 459 g/mol. The number of fused-ring (bicyclic) bond motifs is 3. The van der Waals surface area contributed by atoms with Gasteiger partial charge in [-0.25, -0.2) is 9.37 Å². The molecule has 0 saturated heterocycles. The second-order valence-electron chi connectivity index (χ2n) is 8.52. The number of aromatic nitrogens is 2. The second kappa shape index (κ2) is 8.59. The van der Waals surface area contributed by atoms with Gasteiger partial charge in [0.15, 0.2) is 5.16 Å². The molecule has 0 N–H and O–H groups in total. The summed E-state index contributed by atoms with van der Waals surface area (Å²) in [6.07, 6.45) is 0.656. The standard InChI is InChI=1S/C25H23FN2O3S2/c1-25(2)12-18-20(13-31-25)33-22-21(18)23(29)28(16-8-10-17(30-3)11-9-16)24(27-22)32-14-15-6-4-5-7-19(15)26/h4-11H,12-14H2,1-3H3. The highest BCUT2D eigenvalue weighted by atomic mass is 32.2. The summed E-state index contributed by atoms with van der Waals surface area (Å²) in [6.45, 7) is 4.55. The van der Waals surface area contributed by atoms with Crippen molar-refractivity contribution in [3.05, 3.63) is 80.7 Å². The molecule has 4 aromatic rings. The Labute approximate surface area is 199 Å². The highest BCUT2D eigenvalue weighted by Gasteiger charge is 2.31. The largest absolute Gasteiger partial charge is 0.497 e. The van der Waals surface area contributed by atoms with Crippen LogP contribution >= 0.6 is 23.1 Å². The zero-order chi connectivity index (χ0) is 23.2. The van der Waals surface area contributed by atoms with Gasteiger partial charge in [0.25, 0.3) is 5.56 Å². The molecule has 2 aromatic heterocycles. The van der Waals surface area contributed by atoms with Crippen LogP contribution in [0.15, 0.2) is 58.5 Å². The predicted molar refractivity (Wildman–Crippen MR) is 130 cm³/mol. The molecule has 0 amide bonds. The maximum Gasteiger partial charge on any atom is 0.267 e. The molecule has 33 heavy (non-hydrogen) atoms. The second-order valence-corrected chi connectivity index (χ2v) is 10.5. The zero-order valence-corrected chi connectivity index (χ0v) is 20.2. The summed E-state index contributed by atoms with van der Waals surface area (Å²) in [6, 6.07) is 14.0. The van der Waals surface area contributed by atoms with E-state index in [1.807, 2.05) is 38.1 Å².